The predicted octanol–water partition coefficient (Wildman–Crippen LogP) is 6.34. The molecule has 0 atom stereocenters. The molecule has 192 valence electrons. The molecule has 2 aliphatic heterocycles. The van der Waals surface area contributed by atoms with Gasteiger partial charge >= 0.3 is 0 Å². The normalized spacial score (nSPS) is 14.6. The van der Waals surface area contributed by atoms with E-state index < -0.39 is 0 Å². The number of nitrogens with two attached hydrogens (primary N) is 1. The highest BCUT2D eigenvalue weighted by molar-refractivity contribution is 5.89. The van der Waals surface area contributed by atoms with Crippen LogP contribution in [0.2, 0.25) is 0 Å². The molecule has 0 amide bonds. The van der Waals surface area contributed by atoms with Crippen LogP contribution in [0.15, 0.2) is 60.8 Å². The van der Waals surface area contributed by atoms with Crippen molar-refractivity contribution in [3.63, 3.8) is 0 Å². The Hall–Kier alpha value is -3.83. The van der Waals surface area contributed by atoms with Crippen molar-refractivity contribution in [2.45, 2.75) is 52.5 Å². The predicted molar refractivity (Wildman–Crippen MR) is 156 cm³/mol. The van der Waals surface area contributed by atoms with E-state index in [4.69, 9.17) is 10.8 Å². The Morgan fingerprint density at radius 3 is 2.71 bits per heavy atom. The summed E-state index contributed by atoms with van der Waals surface area (Å²) < 4.78 is 2.26. The molecule has 2 aromatic heterocycles. The van der Waals surface area contributed by atoms with Gasteiger partial charge in [0.05, 0.1) is 17.1 Å². The summed E-state index contributed by atoms with van der Waals surface area (Å²) in [7, 11) is 0. The molecule has 0 fully saturated rings. The fraction of sp³-hybridized carbons (Fsp3) is 0.303. The van der Waals surface area contributed by atoms with Crippen LogP contribution in [-0.2, 0) is 24.8 Å². The number of hydrogen-bond acceptors (Lipinski definition) is 3. The molecule has 2 bridgehead atoms. The molecular formula is C33H35N5. The number of hydrogen-bond donors (Lipinski definition) is 2. The molecule has 4 heterocycles. The summed E-state index contributed by atoms with van der Waals surface area (Å²) in [5.41, 5.74) is 21.4. The van der Waals surface area contributed by atoms with E-state index in [1.807, 2.05) is 0 Å². The van der Waals surface area contributed by atoms with Gasteiger partial charge in [0.1, 0.15) is 0 Å². The van der Waals surface area contributed by atoms with Crippen molar-refractivity contribution in [1.29, 1.82) is 0 Å². The maximum Gasteiger partial charge on any atom is 0.0794 e. The van der Waals surface area contributed by atoms with Crippen LogP contribution in [0, 0.1) is 13.8 Å². The van der Waals surface area contributed by atoms with Crippen LogP contribution < -0.4 is 10.6 Å². The Labute approximate surface area is 224 Å². The minimum absolute atomic E-state index is 0.0555. The highest BCUT2D eigenvalue weighted by atomic mass is 15.3. The molecule has 3 aromatic carbocycles. The Morgan fingerprint density at radius 2 is 1.87 bits per heavy atom. The van der Waals surface area contributed by atoms with Gasteiger partial charge in [0.2, 0.25) is 0 Å². The van der Waals surface area contributed by atoms with E-state index in [0.29, 0.717) is 6.54 Å². The average Bonchev–Trinajstić information content (AvgIpc) is 3.52. The lowest BCUT2D eigenvalue weighted by molar-refractivity contribution is 0.538. The molecular weight excluding hydrogens is 466 g/mol. The van der Waals surface area contributed by atoms with Crippen LogP contribution in [0.3, 0.4) is 0 Å². The number of fused-ring (bicyclic) bond motifs is 10. The summed E-state index contributed by atoms with van der Waals surface area (Å²) >= 11 is 0. The van der Waals surface area contributed by atoms with E-state index in [1.165, 1.54) is 72.6 Å². The average molecular weight is 502 g/mol. The van der Waals surface area contributed by atoms with Crippen LogP contribution in [-0.4, -0.2) is 27.9 Å². The first-order chi connectivity index (χ1) is 18.3. The first-order valence-electron chi connectivity index (χ1n) is 13.7. The molecule has 0 spiro atoms. The molecule has 0 radical (unpaired) electrons. The van der Waals surface area contributed by atoms with Gasteiger partial charge in [-0.2, -0.15) is 5.10 Å². The molecule has 0 saturated heterocycles. The van der Waals surface area contributed by atoms with Crippen molar-refractivity contribution < 1.29 is 0 Å². The summed E-state index contributed by atoms with van der Waals surface area (Å²) in [4.78, 5) is 6.04. The maximum absolute atomic E-state index is 6.14. The number of anilines is 1. The molecule has 5 heteroatoms. The Morgan fingerprint density at radius 1 is 1.00 bits per heavy atom. The quantitative estimate of drug-likeness (QED) is 0.297. The summed E-state index contributed by atoms with van der Waals surface area (Å²) in [6.45, 7) is 11.3. The van der Waals surface area contributed by atoms with Crippen LogP contribution in [0.5, 0.6) is 0 Å². The zero-order valence-electron chi connectivity index (χ0n) is 22.7. The van der Waals surface area contributed by atoms with Gasteiger partial charge in [-0.05, 0) is 65.9 Å². The molecule has 5 aromatic rings. The van der Waals surface area contributed by atoms with Crippen LogP contribution in [0.1, 0.15) is 52.9 Å². The van der Waals surface area contributed by atoms with Crippen LogP contribution in [0.4, 0.5) is 5.69 Å². The lowest BCUT2D eigenvalue weighted by Gasteiger charge is -2.32. The molecule has 3 N–H and O–H groups in total. The Kier molecular flexibility index (Phi) is 5.11. The van der Waals surface area contributed by atoms with E-state index in [-0.39, 0.29) is 5.41 Å². The fourth-order valence-electron chi connectivity index (χ4n) is 6.42. The minimum Gasteiger partial charge on any atom is -0.366 e. The zero-order valence-corrected chi connectivity index (χ0v) is 22.7. The van der Waals surface area contributed by atoms with E-state index in [9.17, 15) is 0 Å². The van der Waals surface area contributed by atoms with Gasteiger partial charge in [-0.1, -0.05) is 44.2 Å². The van der Waals surface area contributed by atoms with Crippen molar-refractivity contribution in [2.75, 3.05) is 18.0 Å². The highest BCUT2D eigenvalue weighted by Crippen LogP contribution is 2.41. The number of nitrogens with zero attached hydrogens (tertiary/aromatic N) is 3. The Bertz CT molecular complexity index is 1720. The lowest BCUT2D eigenvalue weighted by atomic mass is 9.84. The SMILES string of the molecule is Cc1ccc(C(C)(C)CN)cc1N1CCc2nn3c(c2C1)-c1cc(c2[nH]ccc2c1)Cc1cccc(C)c1-3. The third kappa shape index (κ3) is 3.45. The minimum atomic E-state index is -0.0555. The number of aromatic nitrogens is 3. The second-order valence-corrected chi connectivity index (χ2v) is 11.8. The van der Waals surface area contributed by atoms with Crippen LogP contribution in [0.25, 0.3) is 27.8 Å². The van der Waals surface area contributed by atoms with E-state index in [1.54, 1.807) is 0 Å². The summed E-state index contributed by atoms with van der Waals surface area (Å²) in [6, 6.07) is 20.4. The molecule has 38 heavy (non-hydrogen) atoms. The van der Waals surface area contributed by atoms with Gasteiger partial charge < -0.3 is 15.6 Å². The van der Waals surface area contributed by atoms with Gasteiger partial charge in [-0.3, -0.25) is 0 Å². The molecule has 2 aliphatic rings. The zero-order chi connectivity index (χ0) is 26.2. The standard InChI is InChI=1S/C33H35N5/c1-20-8-9-26(33(3,4)19-34)17-29(20)37-13-11-28-27(18-37)32-25-14-22-10-12-35-30(22)24(16-25)15-23-7-5-6-21(2)31(23)38(32)36-28/h5-10,12,14,16-17,35H,11,13,15,18-19,34H2,1-4H3. The number of H-pyrrole nitrogens is 1. The van der Waals surface area contributed by atoms with Gasteiger partial charge in [0.25, 0.3) is 0 Å². The fourth-order valence-corrected chi connectivity index (χ4v) is 6.42. The van der Waals surface area contributed by atoms with Gasteiger partial charge in [0, 0.05) is 71.8 Å². The monoisotopic (exact) mass is 501 g/mol. The van der Waals surface area contributed by atoms with Crippen molar-refractivity contribution >= 4 is 16.6 Å². The van der Waals surface area contributed by atoms with Crippen molar-refractivity contribution in [1.82, 2.24) is 14.8 Å². The number of aromatic amines is 1. The molecule has 0 saturated carbocycles. The number of rotatable bonds is 3. The highest BCUT2D eigenvalue weighted by Gasteiger charge is 2.30. The smallest absolute Gasteiger partial charge is 0.0794 e. The molecule has 0 aliphatic carbocycles. The largest absolute Gasteiger partial charge is 0.366 e. The topological polar surface area (TPSA) is 62.9 Å². The van der Waals surface area contributed by atoms with Crippen LogP contribution >= 0.6 is 0 Å². The van der Waals surface area contributed by atoms with Crippen molar-refractivity contribution in [2.24, 2.45) is 5.73 Å². The first kappa shape index (κ1) is 23.3. The van der Waals surface area contributed by atoms with Gasteiger partial charge in [0.15, 0.2) is 0 Å². The molecule has 7 rings (SSSR count). The van der Waals surface area contributed by atoms with Crippen molar-refractivity contribution in [3.05, 3.63) is 99.9 Å². The number of benzene rings is 3. The van der Waals surface area contributed by atoms with Gasteiger partial charge in [-0.15, -0.1) is 0 Å². The number of nitrogens with one attached hydrogen (secondary N) is 1. The van der Waals surface area contributed by atoms with E-state index in [0.717, 1.165) is 25.9 Å². The summed E-state index contributed by atoms with van der Waals surface area (Å²) in [6.07, 6.45) is 3.88. The summed E-state index contributed by atoms with van der Waals surface area (Å²) in [5.74, 6) is 0. The number of para-hydroxylation sites is 1. The second kappa shape index (κ2) is 8.34. The second-order valence-electron chi connectivity index (χ2n) is 11.8. The molecule has 5 nitrogen and oxygen atoms in total. The van der Waals surface area contributed by atoms with E-state index >= 15 is 0 Å². The van der Waals surface area contributed by atoms with Crippen molar-refractivity contribution in [3.8, 4) is 16.9 Å². The third-order valence-electron chi connectivity index (χ3n) is 8.80. The van der Waals surface area contributed by atoms with E-state index in [2.05, 4.69) is 103 Å². The summed E-state index contributed by atoms with van der Waals surface area (Å²) in [5, 5.41) is 6.56. The lowest BCUT2D eigenvalue weighted by Crippen LogP contribution is -2.32. The number of aryl methyl sites for hydroxylation is 2. The Balaban J connectivity index is 1.42. The molecule has 0 unspecified atom stereocenters. The first-order valence-corrected chi connectivity index (χ1v) is 13.7. The third-order valence-corrected chi connectivity index (χ3v) is 8.80. The maximum atomic E-state index is 6.14. The van der Waals surface area contributed by atoms with Gasteiger partial charge in [-0.25, -0.2) is 4.68 Å².